The van der Waals surface area contributed by atoms with Crippen LogP contribution in [0.2, 0.25) is 0 Å². The summed E-state index contributed by atoms with van der Waals surface area (Å²) < 4.78 is 6.46. The molecule has 11 nitrogen and oxygen atoms in total. The van der Waals surface area contributed by atoms with Gasteiger partial charge in [-0.25, -0.2) is 15.0 Å². The number of benzene rings is 1. The van der Waals surface area contributed by atoms with Gasteiger partial charge >= 0.3 is 0 Å². The first-order valence-electron chi connectivity index (χ1n) is 11.7. The van der Waals surface area contributed by atoms with Gasteiger partial charge in [0.15, 0.2) is 0 Å². The second-order valence-electron chi connectivity index (χ2n) is 8.64. The molecule has 4 N–H and O–H groups in total. The second kappa shape index (κ2) is 9.76. The minimum absolute atomic E-state index is 0.0379. The lowest BCUT2D eigenvalue weighted by Gasteiger charge is -2.15. The number of aromatic nitrogens is 5. The Bertz CT molecular complexity index is 1740. The van der Waals surface area contributed by atoms with E-state index in [9.17, 15) is 14.4 Å². The Morgan fingerprint density at radius 2 is 1.97 bits per heavy atom. The van der Waals surface area contributed by atoms with Gasteiger partial charge in [-0.15, -0.1) is 11.3 Å². The van der Waals surface area contributed by atoms with Gasteiger partial charge in [-0.2, -0.15) is 4.37 Å². The van der Waals surface area contributed by atoms with Gasteiger partial charge in [0.05, 0.1) is 12.7 Å². The van der Waals surface area contributed by atoms with E-state index in [1.165, 1.54) is 22.1 Å². The molecule has 0 radical (unpaired) electrons. The molecule has 2 amide bonds. The predicted molar refractivity (Wildman–Crippen MR) is 145 cm³/mol. The SMILES string of the molecule is Nc1cc2sc(CNC(=O)[C@@H]3CCc4ncc(NC(=O)c5nsc(-c6ccccc6)n5)c(=O)n43)cc2cn1. The molecule has 1 aromatic carbocycles. The first kappa shape index (κ1) is 23.9. The molecule has 0 spiro atoms. The van der Waals surface area contributed by atoms with E-state index in [0.717, 1.165) is 32.1 Å². The van der Waals surface area contributed by atoms with E-state index in [0.29, 0.717) is 36.0 Å². The summed E-state index contributed by atoms with van der Waals surface area (Å²) in [6.07, 6.45) is 3.92. The number of carbonyl (C=O) groups excluding carboxylic acids is 2. The Hall–Kier alpha value is -4.49. The molecule has 190 valence electrons. The quantitative estimate of drug-likeness (QED) is 0.294. The van der Waals surface area contributed by atoms with E-state index in [4.69, 9.17) is 5.73 Å². The average Bonchev–Trinajstić information content (AvgIpc) is 3.67. The molecule has 1 aliphatic rings. The third kappa shape index (κ3) is 4.53. The highest BCUT2D eigenvalue weighted by Gasteiger charge is 2.31. The van der Waals surface area contributed by atoms with Crippen molar-refractivity contribution in [3.8, 4) is 10.6 Å². The minimum atomic E-state index is -0.726. The number of carbonyl (C=O) groups is 2. The molecule has 5 heterocycles. The number of amides is 2. The van der Waals surface area contributed by atoms with Crippen molar-refractivity contribution in [1.29, 1.82) is 0 Å². The molecule has 38 heavy (non-hydrogen) atoms. The van der Waals surface area contributed by atoms with Crippen molar-refractivity contribution in [3.05, 3.63) is 81.7 Å². The summed E-state index contributed by atoms with van der Waals surface area (Å²) in [6, 6.07) is 12.4. The summed E-state index contributed by atoms with van der Waals surface area (Å²) in [6.45, 7) is 0.307. The maximum Gasteiger partial charge on any atom is 0.294 e. The Morgan fingerprint density at radius 1 is 1.13 bits per heavy atom. The van der Waals surface area contributed by atoms with Crippen molar-refractivity contribution in [2.75, 3.05) is 11.1 Å². The average molecular weight is 545 g/mol. The summed E-state index contributed by atoms with van der Waals surface area (Å²) in [5, 5.41) is 7.02. The van der Waals surface area contributed by atoms with Gasteiger partial charge in [-0.1, -0.05) is 30.3 Å². The Kier molecular flexibility index (Phi) is 6.13. The lowest BCUT2D eigenvalue weighted by molar-refractivity contribution is -0.124. The largest absolute Gasteiger partial charge is 0.384 e. The Morgan fingerprint density at radius 3 is 2.82 bits per heavy atom. The van der Waals surface area contributed by atoms with Crippen molar-refractivity contribution in [1.82, 2.24) is 29.2 Å². The van der Waals surface area contributed by atoms with Crippen molar-refractivity contribution in [3.63, 3.8) is 0 Å². The van der Waals surface area contributed by atoms with E-state index >= 15 is 0 Å². The van der Waals surface area contributed by atoms with Gasteiger partial charge in [0.1, 0.15) is 28.4 Å². The first-order valence-corrected chi connectivity index (χ1v) is 13.3. The Balaban J connectivity index is 1.17. The third-order valence-electron chi connectivity index (χ3n) is 6.13. The molecule has 4 aromatic heterocycles. The van der Waals surface area contributed by atoms with E-state index in [1.54, 1.807) is 12.3 Å². The monoisotopic (exact) mass is 544 g/mol. The topological polar surface area (TPSA) is 158 Å². The summed E-state index contributed by atoms with van der Waals surface area (Å²) >= 11 is 2.61. The van der Waals surface area contributed by atoms with Gasteiger partial charge in [-0.3, -0.25) is 19.0 Å². The minimum Gasteiger partial charge on any atom is -0.384 e. The number of hydrogen-bond donors (Lipinski definition) is 3. The fourth-order valence-corrected chi connectivity index (χ4v) is 6.00. The van der Waals surface area contributed by atoms with Crippen LogP contribution in [0.15, 0.2) is 59.7 Å². The highest BCUT2D eigenvalue weighted by molar-refractivity contribution is 7.19. The van der Waals surface area contributed by atoms with Crippen LogP contribution in [-0.4, -0.2) is 35.7 Å². The standard InChI is InChI=1S/C25H20N8O3S2/c26-19-9-18-14(10-27-19)8-15(37-18)11-29-22(34)17-6-7-20-28-12-16(25(36)33(17)20)30-23(35)21-31-24(38-32-21)13-4-2-1-3-5-13/h1-5,8-10,12,17H,6-7,11H2,(H2,26,27)(H,29,34)(H,30,35)/t17-/m0/s1. The molecule has 1 atom stereocenters. The number of thiophene rings is 1. The summed E-state index contributed by atoms with van der Waals surface area (Å²) in [4.78, 5) is 52.8. The van der Waals surface area contributed by atoms with Gasteiger partial charge in [-0.05, 0) is 30.1 Å². The number of nitrogens with two attached hydrogens (primary N) is 1. The fourth-order valence-electron chi connectivity index (χ4n) is 4.31. The lowest BCUT2D eigenvalue weighted by Crippen LogP contribution is -2.36. The number of nitrogen functional groups attached to an aromatic ring is 1. The number of anilines is 2. The van der Waals surface area contributed by atoms with Crippen LogP contribution in [0.3, 0.4) is 0 Å². The molecule has 0 bridgehead atoms. The van der Waals surface area contributed by atoms with Crippen molar-refractivity contribution < 1.29 is 9.59 Å². The molecule has 6 rings (SSSR count). The van der Waals surface area contributed by atoms with Crippen LogP contribution in [0.1, 0.15) is 33.8 Å². The number of fused-ring (bicyclic) bond motifs is 2. The van der Waals surface area contributed by atoms with E-state index < -0.39 is 17.5 Å². The highest BCUT2D eigenvalue weighted by atomic mass is 32.1. The third-order valence-corrected chi connectivity index (χ3v) is 8.00. The van der Waals surface area contributed by atoms with E-state index in [1.807, 2.05) is 36.4 Å². The maximum absolute atomic E-state index is 13.3. The van der Waals surface area contributed by atoms with Crippen LogP contribution in [0.25, 0.3) is 20.7 Å². The molecule has 0 saturated heterocycles. The molecule has 0 unspecified atom stereocenters. The zero-order valence-corrected chi connectivity index (χ0v) is 21.4. The lowest BCUT2D eigenvalue weighted by atomic mass is 10.2. The Labute approximate surface area is 223 Å². The number of aryl methyl sites for hydroxylation is 1. The summed E-state index contributed by atoms with van der Waals surface area (Å²) in [7, 11) is 0. The first-order chi connectivity index (χ1) is 18.5. The van der Waals surface area contributed by atoms with Gasteiger partial charge in [0.25, 0.3) is 11.5 Å². The van der Waals surface area contributed by atoms with Crippen molar-refractivity contribution in [2.24, 2.45) is 0 Å². The van der Waals surface area contributed by atoms with Gasteiger partial charge in [0, 0.05) is 33.1 Å². The van der Waals surface area contributed by atoms with Crippen LogP contribution >= 0.6 is 22.9 Å². The van der Waals surface area contributed by atoms with E-state index in [-0.39, 0.29) is 17.4 Å². The van der Waals surface area contributed by atoms with Crippen LogP contribution < -0.4 is 21.9 Å². The molecular formula is C25H20N8O3S2. The zero-order valence-electron chi connectivity index (χ0n) is 19.7. The maximum atomic E-state index is 13.3. The molecule has 0 fully saturated rings. The van der Waals surface area contributed by atoms with Crippen LogP contribution in [0.5, 0.6) is 0 Å². The van der Waals surface area contributed by atoms with Crippen LogP contribution in [-0.2, 0) is 17.8 Å². The molecule has 5 aromatic rings. The normalized spacial score (nSPS) is 14.4. The number of hydrogen-bond acceptors (Lipinski definition) is 10. The molecule has 1 aliphatic heterocycles. The highest BCUT2D eigenvalue weighted by Crippen LogP contribution is 2.27. The molecule has 0 saturated carbocycles. The molecule has 13 heteroatoms. The van der Waals surface area contributed by atoms with E-state index in [2.05, 4.69) is 30.0 Å². The van der Waals surface area contributed by atoms with Crippen LogP contribution in [0, 0.1) is 0 Å². The van der Waals surface area contributed by atoms with Crippen LogP contribution in [0.4, 0.5) is 11.5 Å². The van der Waals surface area contributed by atoms with Gasteiger partial charge in [0.2, 0.25) is 11.7 Å². The number of nitrogens with one attached hydrogen (secondary N) is 2. The summed E-state index contributed by atoms with van der Waals surface area (Å²) in [5.41, 5.74) is 6.06. The number of rotatable bonds is 6. The van der Waals surface area contributed by atoms with Crippen molar-refractivity contribution >= 4 is 56.3 Å². The molecular weight excluding hydrogens is 524 g/mol. The summed E-state index contributed by atoms with van der Waals surface area (Å²) in [5.74, 6) is -0.0285. The smallest absolute Gasteiger partial charge is 0.294 e. The predicted octanol–water partition coefficient (Wildman–Crippen LogP) is 3.01. The number of nitrogens with zero attached hydrogens (tertiary/aromatic N) is 5. The molecule has 0 aliphatic carbocycles. The zero-order chi connectivity index (χ0) is 26.2. The van der Waals surface area contributed by atoms with Crippen molar-refractivity contribution in [2.45, 2.75) is 25.4 Å². The second-order valence-corrected chi connectivity index (χ2v) is 10.6. The number of pyridine rings is 1. The van der Waals surface area contributed by atoms with Gasteiger partial charge < -0.3 is 16.4 Å². The fraction of sp³-hybridized carbons (Fsp3) is 0.160.